The molecule has 2 aliphatic heterocycles. The van der Waals surface area contributed by atoms with Gasteiger partial charge in [0.15, 0.2) is 0 Å². The molecule has 0 aliphatic carbocycles. The average Bonchev–Trinajstić information content (AvgIpc) is 3.02. The minimum absolute atomic E-state index is 0.0137. The molecule has 2 aliphatic rings. The fourth-order valence-electron chi connectivity index (χ4n) is 4.33. The largest absolute Gasteiger partial charge is 0.381 e. The highest BCUT2D eigenvalue weighted by Gasteiger charge is 2.32. The fraction of sp³-hybridized carbons (Fsp3) is 0.520. The number of nitrogens with zero attached hydrogens (tertiary/aromatic N) is 4. The van der Waals surface area contributed by atoms with Gasteiger partial charge in [0.25, 0.3) is 0 Å². The number of benzene rings is 1. The summed E-state index contributed by atoms with van der Waals surface area (Å²) in [7, 11) is 0. The summed E-state index contributed by atoms with van der Waals surface area (Å²) in [6.45, 7) is 3.62. The van der Waals surface area contributed by atoms with E-state index in [1.54, 1.807) is 23.5 Å². The van der Waals surface area contributed by atoms with Gasteiger partial charge in [-0.05, 0) is 30.7 Å². The molecular weight excluding hydrogens is 420 g/mol. The van der Waals surface area contributed by atoms with Crippen LogP contribution in [0.2, 0.25) is 0 Å². The van der Waals surface area contributed by atoms with Gasteiger partial charge in [0.2, 0.25) is 11.8 Å². The highest BCUT2D eigenvalue weighted by molar-refractivity contribution is 5.85. The number of carbonyl (C=O) groups is 2. The molecule has 0 N–H and O–H groups in total. The van der Waals surface area contributed by atoms with Gasteiger partial charge >= 0.3 is 0 Å². The maximum atomic E-state index is 13.1. The lowest BCUT2D eigenvalue weighted by Crippen LogP contribution is -2.42. The fourth-order valence-corrected chi connectivity index (χ4v) is 4.33. The number of hydrogen-bond donors (Lipinski definition) is 0. The van der Waals surface area contributed by atoms with Gasteiger partial charge in [-0.25, -0.2) is 0 Å². The third-order valence-electron chi connectivity index (χ3n) is 6.24. The molecule has 2 saturated heterocycles. The van der Waals surface area contributed by atoms with Crippen molar-refractivity contribution >= 4 is 11.8 Å². The number of rotatable bonds is 8. The second kappa shape index (κ2) is 11.9. The van der Waals surface area contributed by atoms with E-state index in [9.17, 15) is 9.59 Å². The highest BCUT2D eigenvalue weighted by atomic mass is 16.5. The molecule has 0 saturated carbocycles. The number of aryl methyl sites for hydroxylation is 1. The van der Waals surface area contributed by atoms with Crippen LogP contribution in [-0.2, 0) is 32.1 Å². The van der Waals surface area contributed by atoms with E-state index >= 15 is 0 Å². The summed E-state index contributed by atoms with van der Waals surface area (Å²) < 4.78 is 11.7. The first kappa shape index (κ1) is 23.3. The third kappa shape index (κ3) is 7.07. The molecule has 2 fully saturated rings. The van der Waals surface area contributed by atoms with E-state index in [1.165, 1.54) is 0 Å². The van der Waals surface area contributed by atoms with Crippen LogP contribution in [0.1, 0.15) is 30.5 Å². The Labute approximate surface area is 194 Å². The first-order valence-electron chi connectivity index (χ1n) is 11.7. The van der Waals surface area contributed by atoms with Crippen molar-refractivity contribution in [3.05, 3.63) is 60.2 Å². The topological polar surface area (TPSA) is 84.9 Å². The van der Waals surface area contributed by atoms with Crippen LogP contribution in [0, 0.1) is 5.92 Å². The number of ether oxygens (including phenoxy) is 2. The Morgan fingerprint density at radius 2 is 1.94 bits per heavy atom. The van der Waals surface area contributed by atoms with Crippen LogP contribution in [0.5, 0.6) is 0 Å². The van der Waals surface area contributed by atoms with Crippen molar-refractivity contribution in [1.29, 1.82) is 0 Å². The molecular formula is C25H32N4O4. The smallest absolute Gasteiger partial charge is 0.242 e. The predicted molar refractivity (Wildman–Crippen MR) is 122 cm³/mol. The summed E-state index contributed by atoms with van der Waals surface area (Å²) in [5.74, 6) is 0.353. The van der Waals surface area contributed by atoms with E-state index in [1.807, 2.05) is 35.2 Å². The normalized spacial score (nSPS) is 20.0. The number of carbonyl (C=O) groups excluding carboxylic acids is 2. The molecule has 1 unspecified atom stereocenters. The molecule has 33 heavy (non-hydrogen) atoms. The van der Waals surface area contributed by atoms with Crippen molar-refractivity contribution in [2.75, 3.05) is 39.4 Å². The molecule has 0 radical (unpaired) electrons. The van der Waals surface area contributed by atoms with Crippen LogP contribution in [0.3, 0.4) is 0 Å². The molecule has 3 heterocycles. The quantitative estimate of drug-likeness (QED) is 0.610. The SMILES string of the molecule is O=C(CCc1cnccn1)N1CC(=O)N(CC2CCOCC2)CC(OCc2ccccc2)C1. The van der Waals surface area contributed by atoms with Gasteiger partial charge in [0.05, 0.1) is 24.9 Å². The summed E-state index contributed by atoms with van der Waals surface area (Å²) in [5.41, 5.74) is 1.84. The Bertz CT molecular complexity index is 890. The van der Waals surface area contributed by atoms with E-state index in [4.69, 9.17) is 9.47 Å². The minimum atomic E-state index is -0.239. The molecule has 0 spiro atoms. The zero-order valence-electron chi connectivity index (χ0n) is 19.0. The lowest BCUT2D eigenvalue weighted by molar-refractivity contribution is -0.139. The van der Waals surface area contributed by atoms with Gasteiger partial charge in [-0.1, -0.05) is 30.3 Å². The zero-order chi connectivity index (χ0) is 22.9. The van der Waals surface area contributed by atoms with Crippen molar-refractivity contribution in [2.45, 2.75) is 38.4 Å². The Morgan fingerprint density at radius 3 is 2.70 bits per heavy atom. The molecule has 2 aromatic rings. The van der Waals surface area contributed by atoms with Crippen LogP contribution in [0.4, 0.5) is 0 Å². The average molecular weight is 453 g/mol. The Kier molecular flexibility index (Phi) is 8.38. The summed E-state index contributed by atoms with van der Waals surface area (Å²) >= 11 is 0. The van der Waals surface area contributed by atoms with Crippen molar-refractivity contribution < 1.29 is 19.1 Å². The Hall–Kier alpha value is -2.84. The maximum absolute atomic E-state index is 13.1. The van der Waals surface area contributed by atoms with Crippen LogP contribution in [0.15, 0.2) is 48.9 Å². The molecule has 176 valence electrons. The lowest BCUT2D eigenvalue weighted by atomic mass is 9.99. The van der Waals surface area contributed by atoms with Crippen LogP contribution < -0.4 is 0 Å². The molecule has 2 amide bonds. The molecule has 1 aromatic heterocycles. The lowest BCUT2D eigenvalue weighted by Gasteiger charge is -2.30. The minimum Gasteiger partial charge on any atom is -0.381 e. The van der Waals surface area contributed by atoms with Gasteiger partial charge < -0.3 is 19.3 Å². The van der Waals surface area contributed by atoms with E-state index in [2.05, 4.69) is 9.97 Å². The maximum Gasteiger partial charge on any atom is 0.242 e. The highest BCUT2D eigenvalue weighted by Crippen LogP contribution is 2.19. The summed E-state index contributed by atoms with van der Waals surface area (Å²) in [5, 5.41) is 0. The first-order chi connectivity index (χ1) is 16.2. The van der Waals surface area contributed by atoms with Crippen molar-refractivity contribution in [3.8, 4) is 0 Å². The molecule has 8 nitrogen and oxygen atoms in total. The summed E-state index contributed by atoms with van der Waals surface area (Å²) in [6.07, 6.45) is 7.37. The second-order valence-electron chi connectivity index (χ2n) is 8.74. The number of hydrogen-bond acceptors (Lipinski definition) is 6. The van der Waals surface area contributed by atoms with Crippen molar-refractivity contribution in [2.24, 2.45) is 5.92 Å². The zero-order valence-corrected chi connectivity index (χ0v) is 19.0. The predicted octanol–water partition coefficient (Wildman–Crippen LogP) is 2.09. The Balaban J connectivity index is 1.41. The van der Waals surface area contributed by atoms with Gasteiger partial charge in [-0.3, -0.25) is 19.6 Å². The second-order valence-corrected chi connectivity index (χ2v) is 8.74. The molecule has 1 atom stereocenters. The van der Waals surface area contributed by atoms with E-state index in [-0.39, 0.29) is 30.9 Å². The van der Waals surface area contributed by atoms with Gasteiger partial charge in [-0.2, -0.15) is 0 Å². The van der Waals surface area contributed by atoms with Crippen molar-refractivity contribution in [1.82, 2.24) is 19.8 Å². The van der Waals surface area contributed by atoms with E-state index in [0.717, 1.165) is 37.3 Å². The summed E-state index contributed by atoms with van der Waals surface area (Å²) in [4.78, 5) is 38.0. The first-order valence-corrected chi connectivity index (χ1v) is 11.7. The van der Waals surface area contributed by atoms with E-state index < -0.39 is 0 Å². The van der Waals surface area contributed by atoms with Gasteiger partial charge in [0.1, 0.15) is 0 Å². The Morgan fingerprint density at radius 1 is 1.12 bits per heavy atom. The van der Waals surface area contributed by atoms with Gasteiger partial charge in [-0.15, -0.1) is 0 Å². The van der Waals surface area contributed by atoms with Crippen LogP contribution in [0.25, 0.3) is 0 Å². The van der Waals surface area contributed by atoms with Gasteiger partial charge in [0, 0.05) is 57.9 Å². The monoisotopic (exact) mass is 452 g/mol. The molecule has 8 heteroatoms. The standard InChI is InChI=1S/C25H32N4O4/c30-24(7-6-22-14-26-10-11-27-22)29-17-23(33-19-21-4-2-1-3-5-21)16-28(25(31)18-29)15-20-8-12-32-13-9-20/h1-5,10-11,14,20,23H,6-9,12-13,15-19H2. The third-order valence-corrected chi connectivity index (χ3v) is 6.24. The molecule has 4 rings (SSSR count). The molecule has 1 aromatic carbocycles. The van der Waals surface area contributed by atoms with Crippen LogP contribution >= 0.6 is 0 Å². The number of aromatic nitrogens is 2. The van der Waals surface area contributed by atoms with Crippen molar-refractivity contribution in [3.63, 3.8) is 0 Å². The summed E-state index contributed by atoms with van der Waals surface area (Å²) in [6, 6.07) is 9.97. The van der Waals surface area contributed by atoms with E-state index in [0.29, 0.717) is 38.6 Å². The molecule has 0 bridgehead atoms. The number of amides is 2. The van der Waals surface area contributed by atoms with Crippen LogP contribution in [-0.4, -0.2) is 77.1 Å².